The van der Waals surface area contributed by atoms with Crippen LogP contribution in [0.15, 0.2) is 85.1 Å². The van der Waals surface area contributed by atoms with E-state index in [4.69, 9.17) is 14.2 Å². The van der Waals surface area contributed by atoms with Crippen LogP contribution in [-0.2, 0) is 28.6 Å². The van der Waals surface area contributed by atoms with E-state index < -0.39 is 6.10 Å². The molecule has 0 spiro atoms. The molecule has 0 aromatic heterocycles. The van der Waals surface area contributed by atoms with Crippen LogP contribution in [-0.4, -0.2) is 37.2 Å². The fraction of sp³-hybridized carbons (Fsp3) is 0.764. The molecule has 0 heterocycles. The first-order valence-electron chi connectivity index (χ1n) is 33.6. The zero-order valence-electron chi connectivity index (χ0n) is 51.7. The fourth-order valence-electron chi connectivity index (χ4n) is 9.66. The van der Waals surface area contributed by atoms with Gasteiger partial charge in [0.05, 0.1) is 0 Å². The Labute approximate surface area is 484 Å². The lowest BCUT2D eigenvalue weighted by Crippen LogP contribution is -2.30. The SMILES string of the molecule is CC/C=C\C/C=C\C/C=C\C/C=C\C/C=C\C/C=C\C/C=C\CCCCCCCCCC(=O)OCC(COC(=O)CCCCCCCCCCC)OC(=O)CCCCCCCCCCCCCCCCCCCCCCCC. The second-order valence-electron chi connectivity index (χ2n) is 22.4. The molecule has 0 saturated heterocycles. The smallest absolute Gasteiger partial charge is 0.306 e. The number of hydrogen-bond acceptors (Lipinski definition) is 6. The Balaban J connectivity index is 4.21. The molecule has 0 aliphatic rings. The van der Waals surface area contributed by atoms with Crippen LogP contribution in [0, 0.1) is 0 Å². The minimum absolute atomic E-state index is 0.0755. The van der Waals surface area contributed by atoms with Crippen LogP contribution in [0.25, 0.3) is 0 Å². The van der Waals surface area contributed by atoms with Gasteiger partial charge >= 0.3 is 17.9 Å². The van der Waals surface area contributed by atoms with E-state index in [9.17, 15) is 14.4 Å². The standard InChI is InChI=1S/C72H126O6/c1-4-7-10-13-16-19-21-23-25-27-29-31-33-34-35-36-37-38-39-41-42-44-46-48-50-53-56-59-62-65-71(74)77-68-69(67-76-70(73)64-61-58-55-52-18-15-12-9-6-3)78-72(75)66-63-60-57-54-51-49-47-45-43-40-32-30-28-26-24-22-20-17-14-11-8-5-2/h7,10,16,19,23,25,29,31,34-35,37-38,41-42,69H,4-6,8-9,11-15,17-18,20-22,24,26-28,30,32-33,36,39-40,43-68H2,1-3H3/b10-7-,19-16-,25-23-,31-29-,35-34-,38-37-,42-41-. The highest BCUT2D eigenvalue weighted by atomic mass is 16.6. The molecule has 6 nitrogen and oxygen atoms in total. The van der Waals surface area contributed by atoms with Crippen molar-refractivity contribution in [2.45, 2.75) is 341 Å². The van der Waals surface area contributed by atoms with Crippen LogP contribution in [0.3, 0.4) is 0 Å². The highest BCUT2D eigenvalue weighted by Gasteiger charge is 2.19. The number of rotatable bonds is 61. The van der Waals surface area contributed by atoms with Crippen molar-refractivity contribution < 1.29 is 28.6 Å². The summed E-state index contributed by atoms with van der Waals surface area (Å²) in [5.41, 5.74) is 0. The second kappa shape index (κ2) is 66.1. The van der Waals surface area contributed by atoms with Crippen molar-refractivity contribution in [3.05, 3.63) is 85.1 Å². The molecular weight excluding hydrogens is 961 g/mol. The van der Waals surface area contributed by atoms with Crippen molar-refractivity contribution in [3.63, 3.8) is 0 Å². The van der Waals surface area contributed by atoms with E-state index in [0.29, 0.717) is 19.3 Å². The van der Waals surface area contributed by atoms with Gasteiger partial charge in [-0.1, -0.05) is 324 Å². The Morgan fingerprint density at radius 3 is 0.782 bits per heavy atom. The van der Waals surface area contributed by atoms with Crippen molar-refractivity contribution in [1.82, 2.24) is 0 Å². The molecule has 0 aliphatic carbocycles. The maximum atomic E-state index is 12.9. The molecule has 0 aromatic rings. The molecule has 0 N–H and O–H groups in total. The van der Waals surface area contributed by atoms with Crippen LogP contribution in [0.5, 0.6) is 0 Å². The lowest BCUT2D eigenvalue weighted by atomic mass is 10.0. The van der Waals surface area contributed by atoms with Crippen LogP contribution < -0.4 is 0 Å². The van der Waals surface area contributed by atoms with Crippen molar-refractivity contribution in [2.75, 3.05) is 13.2 Å². The molecule has 78 heavy (non-hydrogen) atoms. The molecule has 0 fully saturated rings. The van der Waals surface area contributed by atoms with Crippen molar-refractivity contribution >= 4 is 17.9 Å². The van der Waals surface area contributed by atoms with Gasteiger partial charge in [0, 0.05) is 19.3 Å². The van der Waals surface area contributed by atoms with Gasteiger partial charge in [-0.25, -0.2) is 0 Å². The number of esters is 3. The molecule has 0 amide bonds. The fourth-order valence-corrected chi connectivity index (χ4v) is 9.66. The van der Waals surface area contributed by atoms with Gasteiger partial charge in [-0.3, -0.25) is 14.4 Å². The predicted octanol–water partition coefficient (Wildman–Crippen LogP) is 23.1. The number of hydrogen-bond donors (Lipinski definition) is 0. The van der Waals surface area contributed by atoms with E-state index in [1.165, 1.54) is 186 Å². The van der Waals surface area contributed by atoms with Crippen LogP contribution >= 0.6 is 0 Å². The van der Waals surface area contributed by atoms with Gasteiger partial charge in [-0.2, -0.15) is 0 Å². The topological polar surface area (TPSA) is 78.9 Å². The molecule has 1 atom stereocenters. The molecule has 450 valence electrons. The van der Waals surface area contributed by atoms with Gasteiger partial charge in [0.1, 0.15) is 13.2 Å². The molecule has 0 rings (SSSR count). The van der Waals surface area contributed by atoms with E-state index in [1.54, 1.807) is 0 Å². The van der Waals surface area contributed by atoms with Crippen molar-refractivity contribution in [3.8, 4) is 0 Å². The highest BCUT2D eigenvalue weighted by molar-refractivity contribution is 5.71. The Kier molecular flexibility index (Phi) is 63.2. The number of carbonyl (C=O) groups excluding carboxylic acids is 3. The molecule has 1 unspecified atom stereocenters. The predicted molar refractivity (Wildman–Crippen MR) is 339 cm³/mol. The number of carbonyl (C=O) groups is 3. The summed E-state index contributed by atoms with van der Waals surface area (Å²) < 4.78 is 16.9. The van der Waals surface area contributed by atoms with Gasteiger partial charge in [0.2, 0.25) is 0 Å². The molecule has 0 aromatic carbocycles. The summed E-state index contributed by atoms with van der Waals surface area (Å²) in [6.45, 7) is 6.54. The third-order valence-electron chi connectivity index (χ3n) is 14.7. The maximum Gasteiger partial charge on any atom is 0.306 e. The summed E-state index contributed by atoms with van der Waals surface area (Å²) in [6.07, 6.45) is 87.5. The minimum Gasteiger partial charge on any atom is -0.462 e. The Bertz CT molecular complexity index is 1480. The summed E-state index contributed by atoms with van der Waals surface area (Å²) in [6, 6.07) is 0. The second-order valence-corrected chi connectivity index (χ2v) is 22.4. The first-order chi connectivity index (χ1) is 38.5. The molecule has 0 aliphatic heterocycles. The van der Waals surface area contributed by atoms with Gasteiger partial charge < -0.3 is 14.2 Å². The quantitative estimate of drug-likeness (QED) is 0.0261. The average molecular weight is 1090 g/mol. The van der Waals surface area contributed by atoms with Gasteiger partial charge in [0.25, 0.3) is 0 Å². The monoisotopic (exact) mass is 1090 g/mol. The lowest BCUT2D eigenvalue weighted by Gasteiger charge is -2.18. The van der Waals surface area contributed by atoms with Gasteiger partial charge in [0.15, 0.2) is 6.10 Å². The zero-order valence-corrected chi connectivity index (χ0v) is 51.7. The van der Waals surface area contributed by atoms with Crippen LogP contribution in [0.1, 0.15) is 335 Å². The third-order valence-corrected chi connectivity index (χ3v) is 14.7. The van der Waals surface area contributed by atoms with E-state index in [2.05, 4.69) is 106 Å². The summed E-state index contributed by atoms with van der Waals surface area (Å²) in [7, 11) is 0. The summed E-state index contributed by atoms with van der Waals surface area (Å²) in [5, 5.41) is 0. The third kappa shape index (κ3) is 63.4. The zero-order chi connectivity index (χ0) is 56.4. The maximum absolute atomic E-state index is 12.9. The Morgan fingerprint density at radius 1 is 0.269 bits per heavy atom. The normalized spacial score (nSPS) is 12.6. The molecule has 6 heteroatoms. The molecule has 0 radical (unpaired) electrons. The van der Waals surface area contributed by atoms with E-state index >= 15 is 0 Å². The van der Waals surface area contributed by atoms with Crippen LogP contribution in [0.4, 0.5) is 0 Å². The average Bonchev–Trinajstić information content (AvgIpc) is 3.44. The first kappa shape index (κ1) is 74.6. The summed E-state index contributed by atoms with van der Waals surface area (Å²) >= 11 is 0. The van der Waals surface area contributed by atoms with Crippen molar-refractivity contribution in [1.29, 1.82) is 0 Å². The highest BCUT2D eigenvalue weighted by Crippen LogP contribution is 2.17. The van der Waals surface area contributed by atoms with E-state index in [-0.39, 0.29) is 31.1 Å². The summed E-state index contributed by atoms with van der Waals surface area (Å²) in [5.74, 6) is -0.873. The number of allylic oxidation sites excluding steroid dienone is 14. The Hall–Kier alpha value is -3.41. The summed E-state index contributed by atoms with van der Waals surface area (Å²) in [4.78, 5) is 38.2. The van der Waals surface area contributed by atoms with Gasteiger partial charge in [-0.15, -0.1) is 0 Å². The largest absolute Gasteiger partial charge is 0.462 e. The minimum atomic E-state index is -0.778. The Morgan fingerprint density at radius 2 is 0.500 bits per heavy atom. The van der Waals surface area contributed by atoms with Gasteiger partial charge in [-0.05, 0) is 77.0 Å². The molecule has 0 bridgehead atoms. The molecule has 0 saturated carbocycles. The van der Waals surface area contributed by atoms with Crippen LogP contribution in [0.2, 0.25) is 0 Å². The van der Waals surface area contributed by atoms with E-state index in [1.807, 2.05) is 0 Å². The number of unbranched alkanes of at least 4 members (excludes halogenated alkanes) is 36. The lowest BCUT2D eigenvalue weighted by molar-refractivity contribution is -0.167. The first-order valence-corrected chi connectivity index (χ1v) is 33.6. The molecular formula is C72H126O6. The van der Waals surface area contributed by atoms with Crippen molar-refractivity contribution in [2.24, 2.45) is 0 Å². The number of ether oxygens (including phenoxy) is 3. The van der Waals surface area contributed by atoms with E-state index in [0.717, 1.165) is 109 Å².